The van der Waals surface area contributed by atoms with Crippen LogP contribution in [0.4, 0.5) is 0 Å². The van der Waals surface area contributed by atoms with Crippen LogP contribution in [-0.4, -0.2) is 42.4 Å². The zero-order chi connectivity index (χ0) is 16.8. The molecule has 2 amide bonds. The molecule has 0 aromatic heterocycles. The third-order valence-electron chi connectivity index (χ3n) is 5.47. The summed E-state index contributed by atoms with van der Waals surface area (Å²) in [5.41, 5.74) is 6.33. The topological polar surface area (TPSA) is 75.4 Å². The van der Waals surface area contributed by atoms with Gasteiger partial charge in [-0.25, -0.2) is 0 Å². The molecule has 0 saturated heterocycles. The van der Waals surface area contributed by atoms with Crippen LogP contribution in [0.5, 0.6) is 0 Å². The van der Waals surface area contributed by atoms with Crippen molar-refractivity contribution >= 4 is 11.8 Å². The number of carbonyl (C=O) groups is 2. The lowest BCUT2D eigenvalue weighted by Crippen LogP contribution is -2.51. The van der Waals surface area contributed by atoms with Gasteiger partial charge in [-0.3, -0.25) is 9.59 Å². The molecular weight excluding hydrogens is 290 g/mol. The smallest absolute Gasteiger partial charge is 0.239 e. The first-order valence-electron chi connectivity index (χ1n) is 9.37. The average molecular weight is 323 g/mol. The monoisotopic (exact) mass is 323 g/mol. The summed E-state index contributed by atoms with van der Waals surface area (Å²) < 4.78 is 0. The van der Waals surface area contributed by atoms with E-state index in [2.05, 4.69) is 12.2 Å². The van der Waals surface area contributed by atoms with E-state index in [4.69, 9.17) is 5.73 Å². The summed E-state index contributed by atoms with van der Waals surface area (Å²) in [4.78, 5) is 26.7. The quantitative estimate of drug-likeness (QED) is 0.751. The first-order chi connectivity index (χ1) is 11.1. The van der Waals surface area contributed by atoms with Crippen molar-refractivity contribution in [3.63, 3.8) is 0 Å². The molecule has 2 rings (SSSR count). The molecule has 0 aromatic rings. The molecule has 3 N–H and O–H groups in total. The second-order valence-corrected chi connectivity index (χ2v) is 7.31. The second-order valence-electron chi connectivity index (χ2n) is 7.31. The summed E-state index contributed by atoms with van der Waals surface area (Å²) >= 11 is 0. The Morgan fingerprint density at radius 2 is 1.78 bits per heavy atom. The minimum absolute atomic E-state index is 0.0404. The minimum Gasteiger partial charge on any atom is -0.355 e. The number of hydrogen-bond donors (Lipinski definition) is 2. The molecule has 0 spiro atoms. The molecule has 0 aromatic carbocycles. The Balaban J connectivity index is 1.96. The molecule has 5 heteroatoms. The molecule has 0 radical (unpaired) electrons. The average Bonchev–Trinajstić information content (AvgIpc) is 2.51. The highest BCUT2D eigenvalue weighted by Gasteiger charge is 2.41. The lowest BCUT2D eigenvalue weighted by molar-refractivity contribution is -0.142. The second kappa shape index (κ2) is 8.67. The number of hydrogen-bond acceptors (Lipinski definition) is 3. The van der Waals surface area contributed by atoms with Crippen molar-refractivity contribution in [2.75, 3.05) is 19.6 Å². The molecule has 2 fully saturated rings. The van der Waals surface area contributed by atoms with Crippen molar-refractivity contribution in [3.05, 3.63) is 0 Å². The standard InChI is InChI=1S/C18H33N3O2/c1-3-8-20-16(22)12-21(9-4-2)18(23)15-10-13-6-5-7-14(11-15)17(13)19/h13-15,17H,3-12,19H2,1-2H3,(H,20,22). The van der Waals surface area contributed by atoms with Crippen molar-refractivity contribution < 1.29 is 9.59 Å². The predicted molar refractivity (Wildman–Crippen MR) is 91.7 cm³/mol. The summed E-state index contributed by atoms with van der Waals surface area (Å²) in [7, 11) is 0. The molecule has 0 aliphatic heterocycles. The van der Waals surface area contributed by atoms with Gasteiger partial charge in [0, 0.05) is 25.0 Å². The Kier molecular flexibility index (Phi) is 6.88. The Labute approximate surface area is 140 Å². The fourth-order valence-electron chi connectivity index (χ4n) is 4.28. The molecule has 2 aliphatic rings. The van der Waals surface area contributed by atoms with E-state index in [0.717, 1.165) is 38.5 Å². The van der Waals surface area contributed by atoms with Crippen LogP contribution in [0.3, 0.4) is 0 Å². The number of nitrogens with two attached hydrogens (primary N) is 1. The summed E-state index contributed by atoms with van der Waals surface area (Å²) in [6, 6.07) is 0.278. The predicted octanol–water partition coefficient (Wildman–Crippen LogP) is 1.90. The van der Waals surface area contributed by atoms with Gasteiger partial charge in [0.2, 0.25) is 11.8 Å². The van der Waals surface area contributed by atoms with E-state index in [1.54, 1.807) is 4.90 Å². The van der Waals surface area contributed by atoms with Gasteiger partial charge in [-0.1, -0.05) is 20.3 Å². The maximum absolute atomic E-state index is 12.9. The largest absolute Gasteiger partial charge is 0.355 e. The summed E-state index contributed by atoms with van der Waals surface area (Å²) in [6.07, 6.45) is 7.18. The van der Waals surface area contributed by atoms with Crippen LogP contribution < -0.4 is 11.1 Å². The van der Waals surface area contributed by atoms with Gasteiger partial charge in [-0.05, 0) is 50.4 Å². The fourth-order valence-corrected chi connectivity index (χ4v) is 4.28. The summed E-state index contributed by atoms with van der Waals surface area (Å²) in [5.74, 6) is 1.18. The molecule has 0 heterocycles. The van der Waals surface area contributed by atoms with Crippen LogP contribution in [0.2, 0.25) is 0 Å². The van der Waals surface area contributed by atoms with Crippen molar-refractivity contribution in [1.82, 2.24) is 10.2 Å². The van der Waals surface area contributed by atoms with E-state index < -0.39 is 0 Å². The van der Waals surface area contributed by atoms with Crippen LogP contribution in [0.15, 0.2) is 0 Å². The molecule has 23 heavy (non-hydrogen) atoms. The summed E-state index contributed by atoms with van der Waals surface area (Å²) in [6.45, 7) is 5.62. The van der Waals surface area contributed by atoms with Crippen LogP contribution >= 0.6 is 0 Å². The molecule has 2 unspecified atom stereocenters. The van der Waals surface area contributed by atoms with Gasteiger partial charge in [-0.2, -0.15) is 0 Å². The highest BCUT2D eigenvalue weighted by atomic mass is 16.2. The van der Waals surface area contributed by atoms with Crippen LogP contribution in [0.1, 0.15) is 58.8 Å². The molecule has 2 atom stereocenters. The van der Waals surface area contributed by atoms with E-state index in [9.17, 15) is 9.59 Å². The maximum Gasteiger partial charge on any atom is 0.239 e. The van der Waals surface area contributed by atoms with E-state index in [1.807, 2.05) is 6.92 Å². The molecule has 2 aliphatic carbocycles. The van der Waals surface area contributed by atoms with Gasteiger partial charge in [0.15, 0.2) is 0 Å². The minimum atomic E-state index is -0.0404. The number of carbonyl (C=O) groups excluding carboxylic acids is 2. The lowest BCUT2D eigenvalue weighted by atomic mass is 9.65. The fraction of sp³-hybridized carbons (Fsp3) is 0.889. The lowest BCUT2D eigenvalue weighted by Gasteiger charge is -2.44. The highest BCUT2D eigenvalue weighted by molar-refractivity contribution is 5.86. The zero-order valence-corrected chi connectivity index (χ0v) is 14.7. The Morgan fingerprint density at radius 3 is 2.35 bits per heavy atom. The van der Waals surface area contributed by atoms with Crippen molar-refractivity contribution in [2.24, 2.45) is 23.5 Å². The van der Waals surface area contributed by atoms with Crippen molar-refractivity contribution in [2.45, 2.75) is 64.8 Å². The zero-order valence-electron chi connectivity index (χ0n) is 14.7. The number of amides is 2. The van der Waals surface area contributed by atoms with Crippen LogP contribution in [0.25, 0.3) is 0 Å². The van der Waals surface area contributed by atoms with Gasteiger partial charge < -0.3 is 16.0 Å². The number of fused-ring (bicyclic) bond motifs is 2. The van der Waals surface area contributed by atoms with E-state index in [1.165, 1.54) is 6.42 Å². The first-order valence-corrected chi connectivity index (χ1v) is 9.37. The molecule has 2 saturated carbocycles. The third-order valence-corrected chi connectivity index (χ3v) is 5.47. The van der Waals surface area contributed by atoms with Gasteiger partial charge >= 0.3 is 0 Å². The SMILES string of the molecule is CCCNC(=O)CN(CCC)C(=O)C1CC2CCCC(C1)C2N. The van der Waals surface area contributed by atoms with Crippen molar-refractivity contribution in [1.29, 1.82) is 0 Å². The molecule has 2 bridgehead atoms. The van der Waals surface area contributed by atoms with Gasteiger partial charge in [-0.15, -0.1) is 0 Å². The highest BCUT2D eigenvalue weighted by Crippen LogP contribution is 2.42. The number of nitrogens with zero attached hydrogens (tertiary/aromatic N) is 1. The Bertz CT molecular complexity index is 399. The number of nitrogens with one attached hydrogen (secondary N) is 1. The third kappa shape index (κ3) is 4.69. The molecule has 5 nitrogen and oxygen atoms in total. The van der Waals surface area contributed by atoms with E-state index in [-0.39, 0.29) is 30.3 Å². The van der Waals surface area contributed by atoms with Gasteiger partial charge in [0.25, 0.3) is 0 Å². The van der Waals surface area contributed by atoms with Crippen LogP contribution in [-0.2, 0) is 9.59 Å². The Hall–Kier alpha value is -1.10. The van der Waals surface area contributed by atoms with Crippen molar-refractivity contribution in [3.8, 4) is 0 Å². The Morgan fingerprint density at radius 1 is 1.13 bits per heavy atom. The normalized spacial score (nSPS) is 29.9. The van der Waals surface area contributed by atoms with Gasteiger partial charge in [0.05, 0.1) is 6.54 Å². The maximum atomic E-state index is 12.9. The van der Waals surface area contributed by atoms with E-state index >= 15 is 0 Å². The van der Waals surface area contributed by atoms with Gasteiger partial charge in [0.1, 0.15) is 0 Å². The van der Waals surface area contributed by atoms with E-state index in [0.29, 0.717) is 24.9 Å². The molecule has 132 valence electrons. The summed E-state index contributed by atoms with van der Waals surface area (Å²) in [5, 5.41) is 2.87. The molecular formula is C18H33N3O2. The van der Waals surface area contributed by atoms with Crippen LogP contribution in [0, 0.1) is 17.8 Å². The number of rotatable bonds is 7. The first kappa shape index (κ1) is 18.2.